The fourth-order valence-electron chi connectivity index (χ4n) is 4.02. The van der Waals surface area contributed by atoms with Crippen LogP contribution in [0.2, 0.25) is 0 Å². The van der Waals surface area contributed by atoms with E-state index >= 15 is 0 Å². The molecule has 0 spiro atoms. The number of aromatic amines is 1. The number of methoxy groups -OCH3 is 1. The van der Waals surface area contributed by atoms with Crippen LogP contribution in [0.15, 0.2) is 71.5 Å². The van der Waals surface area contributed by atoms with Crippen LogP contribution in [0.4, 0.5) is 4.39 Å². The van der Waals surface area contributed by atoms with E-state index in [-0.39, 0.29) is 17.9 Å². The van der Waals surface area contributed by atoms with Crippen molar-refractivity contribution >= 4 is 16.9 Å². The molecule has 5 rings (SSSR count). The van der Waals surface area contributed by atoms with E-state index in [2.05, 4.69) is 37.7 Å². The fourth-order valence-corrected chi connectivity index (χ4v) is 4.02. The summed E-state index contributed by atoms with van der Waals surface area (Å²) in [6.45, 7) is 1.31. The van der Waals surface area contributed by atoms with E-state index in [1.807, 2.05) is 30.3 Å². The highest BCUT2D eigenvalue weighted by Gasteiger charge is 2.13. The van der Waals surface area contributed by atoms with Crippen molar-refractivity contribution in [3.05, 3.63) is 96.0 Å². The van der Waals surface area contributed by atoms with Crippen molar-refractivity contribution in [3.63, 3.8) is 0 Å². The normalized spacial score (nSPS) is 11.1. The van der Waals surface area contributed by atoms with Gasteiger partial charge in [-0.15, -0.1) is 0 Å². The van der Waals surface area contributed by atoms with Crippen LogP contribution in [0.5, 0.6) is 5.75 Å². The Bertz CT molecular complexity index is 1550. The summed E-state index contributed by atoms with van der Waals surface area (Å²) in [4.78, 5) is 28.5. The number of benzene rings is 2. The summed E-state index contributed by atoms with van der Waals surface area (Å²) in [5.74, 6) is 1.24. The highest BCUT2D eigenvalue weighted by molar-refractivity contribution is 5.91. The van der Waals surface area contributed by atoms with E-state index in [1.165, 1.54) is 24.6 Å². The maximum absolute atomic E-state index is 13.7. The van der Waals surface area contributed by atoms with Crippen molar-refractivity contribution in [3.8, 4) is 16.9 Å². The van der Waals surface area contributed by atoms with Crippen LogP contribution in [-0.2, 0) is 19.4 Å². The number of ether oxygens (including phenoxy) is 1. The lowest BCUT2D eigenvalue weighted by Gasteiger charge is -2.04. The molecule has 3 heterocycles. The van der Waals surface area contributed by atoms with Gasteiger partial charge in [0.2, 0.25) is 0 Å². The van der Waals surface area contributed by atoms with Gasteiger partial charge >= 0.3 is 0 Å². The predicted molar refractivity (Wildman–Crippen MR) is 140 cm³/mol. The van der Waals surface area contributed by atoms with Gasteiger partial charge in [0.05, 0.1) is 30.4 Å². The second-order valence-electron chi connectivity index (χ2n) is 8.64. The van der Waals surface area contributed by atoms with Gasteiger partial charge in [-0.1, -0.05) is 18.2 Å². The van der Waals surface area contributed by atoms with E-state index in [0.29, 0.717) is 25.4 Å². The van der Waals surface area contributed by atoms with Crippen LogP contribution in [-0.4, -0.2) is 46.0 Å². The molecule has 0 saturated carbocycles. The first kappa shape index (κ1) is 25.1. The van der Waals surface area contributed by atoms with E-state index < -0.39 is 11.7 Å². The SMILES string of the molecule is COc1cccc(-c2ccc3[nH]c(CCNCCc4nc(C(=O)NCc5ncccc5F)co4)nc3c2)c1. The summed E-state index contributed by atoms with van der Waals surface area (Å²) >= 11 is 0. The monoisotopic (exact) mass is 514 g/mol. The third kappa shape index (κ3) is 6.04. The van der Waals surface area contributed by atoms with Crippen molar-refractivity contribution < 1.29 is 18.3 Å². The zero-order valence-electron chi connectivity index (χ0n) is 20.8. The first-order valence-corrected chi connectivity index (χ1v) is 12.2. The second kappa shape index (κ2) is 11.7. The molecular formula is C28H27FN6O3. The zero-order valence-corrected chi connectivity index (χ0v) is 20.8. The largest absolute Gasteiger partial charge is 0.497 e. The van der Waals surface area contributed by atoms with Crippen molar-refractivity contribution in [2.75, 3.05) is 20.2 Å². The van der Waals surface area contributed by atoms with Crippen LogP contribution in [0.25, 0.3) is 22.2 Å². The van der Waals surface area contributed by atoms with Gasteiger partial charge in [-0.2, -0.15) is 0 Å². The zero-order chi connectivity index (χ0) is 26.3. The molecule has 5 aromatic rings. The standard InChI is InChI=1S/C28H27FN6O3/c1-37-20-5-2-4-18(14-20)19-7-8-22-23(15-19)34-26(33-22)9-12-30-13-10-27-35-25(17-38-27)28(36)32-16-24-21(29)6-3-11-31-24/h2-8,11,14-15,17,30H,9-10,12-13,16H2,1H3,(H,32,36)(H,33,34). The Morgan fingerprint density at radius 3 is 2.79 bits per heavy atom. The summed E-state index contributed by atoms with van der Waals surface area (Å²) in [7, 11) is 1.66. The quantitative estimate of drug-likeness (QED) is 0.228. The number of hydrogen-bond acceptors (Lipinski definition) is 7. The Morgan fingerprint density at radius 2 is 1.92 bits per heavy atom. The maximum Gasteiger partial charge on any atom is 0.273 e. The van der Waals surface area contributed by atoms with Gasteiger partial charge in [0, 0.05) is 32.1 Å². The number of aromatic nitrogens is 4. The highest BCUT2D eigenvalue weighted by atomic mass is 19.1. The number of nitrogens with zero attached hydrogens (tertiary/aromatic N) is 3. The van der Waals surface area contributed by atoms with Gasteiger partial charge in [0.1, 0.15) is 23.7 Å². The minimum atomic E-state index is -0.472. The molecule has 194 valence electrons. The lowest BCUT2D eigenvalue weighted by molar-refractivity contribution is 0.0945. The third-order valence-electron chi connectivity index (χ3n) is 6.02. The molecule has 0 bridgehead atoms. The molecule has 0 aliphatic carbocycles. The van der Waals surface area contributed by atoms with Gasteiger partial charge < -0.3 is 24.8 Å². The lowest BCUT2D eigenvalue weighted by Crippen LogP contribution is -2.24. The van der Waals surface area contributed by atoms with E-state index in [1.54, 1.807) is 7.11 Å². The Morgan fingerprint density at radius 1 is 1.05 bits per heavy atom. The summed E-state index contributed by atoms with van der Waals surface area (Å²) < 4.78 is 24.4. The molecule has 38 heavy (non-hydrogen) atoms. The van der Waals surface area contributed by atoms with Crippen LogP contribution in [0, 0.1) is 5.82 Å². The molecule has 9 nitrogen and oxygen atoms in total. The molecule has 2 aromatic carbocycles. The number of carbonyl (C=O) groups excluding carboxylic acids is 1. The van der Waals surface area contributed by atoms with Crippen LogP contribution >= 0.6 is 0 Å². The number of carbonyl (C=O) groups is 1. The smallest absolute Gasteiger partial charge is 0.273 e. The molecule has 3 N–H and O–H groups in total. The maximum atomic E-state index is 13.7. The van der Waals surface area contributed by atoms with Crippen LogP contribution < -0.4 is 15.4 Å². The number of halogens is 1. The first-order valence-electron chi connectivity index (χ1n) is 12.2. The summed E-state index contributed by atoms with van der Waals surface area (Å²) in [6, 6.07) is 16.9. The number of H-pyrrole nitrogens is 1. The molecular weight excluding hydrogens is 487 g/mol. The highest BCUT2D eigenvalue weighted by Crippen LogP contribution is 2.26. The molecule has 0 unspecified atom stereocenters. The van der Waals surface area contributed by atoms with Gasteiger partial charge in [-0.05, 0) is 47.5 Å². The van der Waals surface area contributed by atoms with E-state index in [4.69, 9.17) is 14.1 Å². The first-order chi connectivity index (χ1) is 18.6. The fraction of sp³-hybridized carbons (Fsp3) is 0.214. The van der Waals surface area contributed by atoms with Gasteiger partial charge in [0.15, 0.2) is 11.6 Å². The Labute approximate surface area is 218 Å². The van der Waals surface area contributed by atoms with E-state index in [9.17, 15) is 9.18 Å². The minimum absolute atomic E-state index is 0.0284. The van der Waals surface area contributed by atoms with Crippen molar-refractivity contribution in [2.24, 2.45) is 0 Å². The molecule has 0 saturated heterocycles. The Balaban J connectivity index is 1.07. The predicted octanol–water partition coefficient (Wildman–Crippen LogP) is 4.07. The molecule has 0 radical (unpaired) electrons. The summed E-state index contributed by atoms with van der Waals surface area (Å²) in [5, 5.41) is 5.94. The van der Waals surface area contributed by atoms with Crippen molar-refractivity contribution in [2.45, 2.75) is 19.4 Å². The molecule has 0 atom stereocenters. The minimum Gasteiger partial charge on any atom is -0.497 e. The van der Waals surface area contributed by atoms with Gasteiger partial charge in [0.25, 0.3) is 5.91 Å². The molecule has 0 aliphatic rings. The lowest BCUT2D eigenvalue weighted by atomic mass is 10.1. The van der Waals surface area contributed by atoms with Crippen molar-refractivity contribution in [1.82, 2.24) is 30.6 Å². The Hall–Kier alpha value is -4.57. The van der Waals surface area contributed by atoms with E-state index in [0.717, 1.165) is 40.2 Å². The van der Waals surface area contributed by atoms with Crippen LogP contribution in [0.1, 0.15) is 27.9 Å². The summed E-state index contributed by atoms with van der Waals surface area (Å²) in [6.07, 6.45) is 4.02. The molecule has 0 aliphatic heterocycles. The Kier molecular flexibility index (Phi) is 7.70. The van der Waals surface area contributed by atoms with Gasteiger partial charge in [-0.3, -0.25) is 9.78 Å². The number of pyridine rings is 1. The van der Waals surface area contributed by atoms with Gasteiger partial charge in [-0.25, -0.2) is 14.4 Å². The number of fused-ring (bicyclic) bond motifs is 1. The molecule has 10 heteroatoms. The topological polar surface area (TPSA) is 118 Å². The van der Waals surface area contributed by atoms with Crippen LogP contribution in [0.3, 0.4) is 0 Å². The number of imidazole rings is 1. The molecule has 0 fully saturated rings. The number of nitrogens with one attached hydrogen (secondary N) is 3. The summed E-state index contributed by atoms with van der Waals surface area (Å²) in [5.41, 5.74) is 4.37. The average molecular weight is 515 g/mol. The molecule has 1 amide bonds. The number of amides is 1. The number of oxazole rings is 1. The third-order valence-corrected chi connectivity index (χ3v) is 6.02. The number of rotatable bonds is 11. The molecule has 3 aromatic heterocycles. The second-order valence-corrected chi connectivity index (χ2v) is 8.64. The average Bonchev–Trinajstić information content (AvgIpc) is 3.59. The van der Waals surface area contributed by atoms with Crippen molar-refractivity contribution in [1.29, 1.82) is 0 Å². The number of hydrogen-bond donors (Lipinski definition) is 3.